The van der Waals surface area contributed by atoms with Crippen LogP contribution in [0.15, 0.2) is 4.52 Å². The number of aryl methyl sites for hydroxylation is 1. The molecule has 0 unspecified atom stereocenters. The molecule has 4 nitrogen and oxygen atoms in total. The van der Waals surface area contributed by atoms with Crippen LogP contribution in [0.25, 0.3) is 0 Å². The average molecular weight is 238 g/mol. The summed E-state index contributed by atoms with van der Waals surface area (Å²) in [4.78, 5) is 12.0. The third kappa shape index (κ3) is 3.88. The Bertz CT molecular complexity index is 402. The minimum atomic E-state index is -0.0357. The van der Waals surface area contributed by atoms with E-state index in [0.717, 1.165) is 17.7 Å². The van der Waals surface area contributed by atoms with Gasteiger partial charge in [0.15, 0.2) is 5.82 Å². The Hall–Kier alpha value is -1.32. The van der Waals surface area contributed by atoms with Gasteiger partial charge in [-0.25, -0.2) is 0 Å². The van der Waals surface area contributed by atoms with Gasteiger partial charge in [0.05, 0.1) is 0 Å². The maximum atomic E-state index is 12.0. The number of anilines is 1. The third-order valence-electron chi connectivity index (χ3n) is 2.76. The lowest BCUT2D eigenvalue weighted by Crippen LogP contribution is -2.25. The summed E-state index contributed by atoms with van der Waals surface area (Å²) >= 11 is 0. The number of nitrogens with one attached hydrogen (secondary N) is 1. The molecule has 0 spiro atoms. The van der Waals surface area contributed by atoms with Crippen molar-refractivity contribution in [3.8, 4) is 0 Å². The molecule has 0 radical (unpaired) electrons. The Balaban J connectivity index is 2.64. The highest BCUT2D eigenvalue weighted by atomic mass is 16.5. The molecule has 1 aromatic rings. The Morgan fingerprint density at radius 3 is 2.41 bits per heavy atom. The Morgan fingerprint density at radius 2 is 2.00 bits per heavy atom. The van der Waals surface area contributed by atoms with Gasteiger partial charge >= 0.3 is 0 Å². The molecule has 1 rings (SSSR count). The number of hydrogen-bond donors (Lipinski definition) is 1. The normalized spacial score (nSPS) is 13.5. The first kappa shape index (κ1) is 13.7. The van der Waals surface area contributed by atoms with Crippen LogP contribution in [-0.2, 0) is 4.79 Å². The van der Waals surface area contributed by atoms with Crippen molar-refractivity contribution in [1.82, 2.24) is 5.16 Å². The van der Waals surface area contributed by atoms with E-state index in [1.165, 1.54) is 0 Å². The van der Waals surface area contributed by atoms with Crippen LogP contribution in [0.1, 0.15) is 45.4 Å². The average Bonchev–Trinajstić information content (AvgIpc) is 2.47. The lowest BCUT2D eigenvalue weighted by atomic mass is 9.85. The van der Waals surface area contributed by atoms with Gasteiger partial charge in [-0.3, -0.25) is 4.79 Å². The van der Waals surface area contributed by atoms with Gasteiger partial charge in [-0.15, -0.1) is 0 Å². The van der Waals surface area contributed by atoms with Gasteiger partial charge in [0.1, 0.15) is 5.76 Å². The summed E-state index contributed by atoms with van der Waals surface area (Å²) in [6.07, 6.45) is 0.842. The van der Waals surface area contributed by atoms with E-state index in [1.54, 1.807) is 0 Å². The summed E-state index contributed by atoms with van der Waals surface area (Å²) in [5, 5.41) is 6.64. The molecule has 4 heteroatoms. The molecule has 0 fully saturated rings. The second kappa shape index (κ2) is 4.90. The van der Waals surface area contributed by atoms with Crippen LogP contribution in [0.2, 0.25) is 0 Å². The van der Waals surface area contributed by atoms with Crippen LogP contribution in [-0.4, -0.2) is 11.1 Å². The SMILES string of the molecule is Cc1onc(NC(=O)[C@@H](C)CC(C)(C)C)c1C. The molecule has 17 heavy (non-hydrogen) atoms. The molecule has 1 atom stereocenters. The second-order valence-corrected chi connectivity index (χ2v) is 5.87. The van der Waals surface area contributed by atoms with Crippen molar-refractivity contribution in [2.24, 2.45) is 11.3 Å². The fourth-order valence-corrected chi connectivity index (χ4v) is 1.79. The molecule has 1 N–H and O–H groups in total. The van der Waals surface area contributed by atoms with Crippen LogP contribution >= 0.6 is 0 Å². The van der Waals surface area contributed by atoms with Gasteiger partial charge in [0, 0.05) is 11.5 Å². The molecule has 1 heterocycles. The van der Waals surface area contributed by atoms with Crippen molar-refractivity contribution < 1.29 is 9.32 Å². The first-order chi connectivity index (χ1) is 7.70. The van der Waals surface area contributed by atoms with Crippen LogP contribution in [0, 0.1) is 25.2 Å². The van der Waals surface area contributed by atoms with E-state index >= 15 is 0 Å². The maximum absolute atomic E-state index is 12.0. The number of amides is 1. The predicted octanol–water partition coefficient (Wildman–Crippen LogP) is 3.30. The molecule has 1 amide bonds. The third-order valence-corrected chi connectivity index (χ3v) is 2.76. The summed E-state index contributed by atoms with van der Waals surface area (Å²) in [6, 6.07) is 0. The summed E-state index contributed by atoms with van der Waals surface area (Å²) < 4.78 is 5.01. The Morgan fingerprint density at radius 1 is 1.41 bits per heavy atom. The monoisotopic (exact) mass is 238 g/mol. The highest BCUT2D eigenvalue weighted by Gasteiger charge is 2.22. The van der Waals surface area contributed by atoms with Crippen LogP contribution in [0.4, 0.5) is 5.82 Å². The van der Waals surface area contributed by atoms with Gasteiger partial charge < -0.3 is 9.84 Å². The van der Waals surface area contributed by atoms with Crippen molar-refractivity contribution in [3.05, 3.63) is 11.3 Å². The lowest BCUT2D eigenvalue weighted by molar-refractivity contribution is -0.120. The molecule has 0 aliphatic heterocycles. The zero-order chi connectivity index (χ0) is 13.2. The topological polar surface area (TPSA) is 55.1 Å². The maximum Gasteiger partial charge on any atom is 0.228 e. The number of rotatable bonds is 3. The van der Waals surface area contributed by atoms with E-state index in [1.807, 2.05) is 20.8 Å². The van der Waals surface area contributed by atoms with Gasteiger partial charge in [-0.1, -0.05) is 32.9 Å². The highest BCUT2D eigenvalue weighted by molar-refractivity contribution is 5.92. The number of nitrogens with zero attached hydrogens (tertiary/aromatic N) is 1. The summed E-state index contributed by atoms with van der Waals surface area (Å²) in [5.41, 5.74) is 1.03. The standard InChI is InChI=1S/C13H22N2O2/c1-8(7-13(4,5)6)12(16)14-11-9(2)10(3)17-15-11/h8H,7H2,1-6H3,(H,14,15,16)/t8-/m0/s1. The Kier molecular flexibility index (Phi) is 3.96. The number of carbonyl (C=O) groups is 1. The zero-order valence-electron chi connectivity index (χ0n) is 11.5. The molecule has 0 saturated carbocycles. The van der Waals surface area contributed by atoms with E-state index in [9.17, 15) is 4.79 Å². The fraction of sp³-hybridized carbons (Fsp3) is 0.692. The van der Waals surface area contributed by atoms with Crippen molar-refractivity contribution in [2.75, 3.05) is 5.32 Å². The Labute approximate surface area is 103 Å². The first-order valence-corrected chi connectivity index (χ1v) is 5.94. The lowest BCUT2D eigenvalue weighted by Gasteiger charge is -2.22. The van der Waals surface area contributed by atoms with Gasteiger partial charge in [-0.2, -0.15) is 0 Å². The van der Waals surface area contributed by atoms with Crippen molar-refractivity contribution >= 4 is 11.7 Å². The number of aromatic nitrogens is 1. The summed E-state index contributed by atoms with van der Waals surface area (Å²) in [5.74, 6) is 1.24. The zero-order valence-corrected chi connectivity index (χ0v) is 11.5. The summed E-state index contributed by atoms with van der Waals surface area (Å²) in [6.45, 7) is 12.0. The minimum Gasteiger partial charge on any atom is -0.359 e. The number of carbonyl (C=O) groups excluding carboxylic acids is 1. The minimum absolute atomic E-state index is 0.00340. The molecular weight excluding hydrogens is 216 g/mol. The smallest absolute Gasteiger partial charge is 0.228 e. The first-order valence-electron chi connectivity index (χ1n) is 5.94. The van der Waals surface area contributed by atoms with Crippen molar-refractivity contribution in [2.45, 2.75) is 48.0 Å². The largest absolute Gasteiger partial charge is 0.359 e. The molecule has 96 valence electrons. The molecule has 0 bridgehead atoms. The van der Waals surface area contributed by atoms with E-state index in [2.05, 4.69) is 31.2 Å². The number of hydrogen-bond acceptors (Lipinski definition) is 3. The van der Waals surface area contributed by atoms with Crippen LogP contribution < -0.4 is 5.32 Å². The van der Waals surface area contributed by atoms with Crippen molar-refractivity contribution in [1.29, 1.82) is 0 Å². The van der Waals surface area contributed by atoms with Gasteiger partial charge in [-0.05, 0) is 25.7 Å². The molecule has 1 aromatic heterocycles. The van der Waals surface area contributed by atoms with E-state index in [0.29, 0.717) is 5.82 Å². The predicted molar refractivity (Wildman–Crippen MR) is 67.8 cm³/mol. The molecule has 0 aliphatic rings. The fourth-order valence-electron chi connectivity index (χ4n) is 1.79. The molecule has 0 aliphatic carbocycles. The van der Waals surface area contributed by atoms with Crippen LogP contribution in [0.5, 0.6) is 0 Å². The van der Waals surface area contributed by atoms with Crippen molar-refractivity contribution in [3.63, 3.8) is 0 Å². The van der Waals surface area contributed by atoms with Gasteiger partial charge in [0.25, 0.3) is 0 Å². The van der Waals surface area contributed by atoms with E-state index in [-0.39, 0.29) is 17.2 Å². The van der Waals surface area contributed by atoms with E-state index < -0.39 is 0 Å². The van der Waals surface area contributed by atoms with Gasteiger partial charge in [0.2, 0.25) is 5.91 Å². The van der Waals surface area contributed by atoms with Crippen LogP contribution in [0.3, 0.4) is 0 Å². The van der Waals surface area contributed by atoms with E-state index in [4.69, 9.17) is 4.52 Å². The molecule has 0 saturated heterocycles. The molecular formula is C13H22N2O2. The highest BCUT2D eigenvalue weighted by Crippen LogP contribution is 2.25. The molecule has 0 aromatic carbocycles. The quantitative estimate of drug-likeness (QED) is 0.879. The second-order valence-electron chi connectivity index (χ2n) is 5.87. The summed E-state index contributed by atoms with van der Waals surface area (Å²) in [7, 11) is 0.